The summed E-state index contributed by atoms with van der Waals surface area (Å²) in [6, 6.07) is -2.20. The van der Waals surface area contributed by atoms with E-state index in [9.17, 15) is 19.5 Å². The lowest BCUT2D eigenvalue weighted by molar-refractivity contribution is -0.145. The summed E-state index contributed by atoms with van der Waals surface area (Å²) < 4.78 is 0. The van der Waals surface area contributed by atoms with Gasteiger partial charge in [0.05, 0.1) is 6.10 Å². The van der Waals surface area contributed by atoms with E-state index >= 15 is 0 Å². The lowest BCUT2D eigenvalue weighted by Gasteiger charge is -2.23. The van der Waals surface area contributed by atoms with E-state index in [0.717, 1.165) is 0 Å². The van der Waals surface area contributed by atoms with Crippen LogP contribution >= 0.6 is 0 Å². The van der Waals surface area contributed by atoms with Gasteiger partial charge < -0.3 is 20.8 Å². The fraction of sp³-hybridized carbons (Fsp3) is 0.750. The van der Waals surface area contributed by atoms with Crippen LogP contribution in [-0.2, 0) is 14.4 Å². The maximum absolute atomic E-state index is 11.9. The Morgan fingerprint density at radius 3 is 1.95 bits per heavy atom. The van der Waals surface area contributed by atoms with Gasteiger partial charge in [0.2, 0.25) is 11.8 Å². The average Bonchev–Trinajstić information content (AvgIpc) is 2.22. The second-order valence-corrected chi connectivity index (χ2v) is 4.95. The summed E-state index contributed by atoms with van der Waals surface area (Å²) in [7, 11) is 0. The van der Waals surface area contributed by atoms with Crippen LogP contribution in [0.25, 0.3) is 0 Å². The van der Waals surface area contributed by atoms with E-state index in [4.69, 9.17) is 5.11 Å². The van der Waals surface area contributed by atoms with Gasteiger partial charge in [0, 0.05) is 6.92 Å². The van der Waals surface area contributed by atoms with E-state index in [2.05, 4.69) is 10.6 Å². The molecule has 0 fully saturated rings. The number of amides is 2. The van der Waals surface area contributed by atoms with Gasteiger partial charge in [-0.15, -0.1) is 0 Å². The van der Waals surface area contributed by atoms with Gasteiger partial charge >= 0.3 is 5.97 Å². The van der Waals surface area contributed by atoms with Gasteiger partial charge in [0.25, 0.3) is 0 Å². The molecular formula is C12H22N2O5. The molecule has 0 aliphatic heterocycles. The number of hydrogen-bond acceptors (Lipinski definition) is 4. The summed E-state index contributed by atoms with van der Waals surface area (Å²) in [4.78, 5) is 33.9. The normalized spacial score (nSPS) is 15.5. The highest BCUT2D eigenvalue weighted by Crippen LogP contribution is 2.06. The minimum atomic E-state index is -1.39. The minimum Gasteiger partial charge on any atom is -0.480 e. The van der Waals surface area contributed by atoms with E-state index < -0.39 is 30.1 Å². The SMILES string of the molecule is CC(=O)N[C@@H](CC(C)C)C(=O)N[C@@H](C(=O)O)[C@H](C)O. The van der Waals surface area contributed by atoms with Crippen LogP contribution in [0.5, 0.6) is 0 Å². The van der Waals surface area contributed by atoms with E-state index in [-0.39, 0.29) is 11.8 Å². The van der Waals surface area contributed by atoms with Crippen molar-refractivity contribution in [3.8, 4) is 0 Å². The molecule has 0 aromatic rings. The van der Waals surface area contributed by atoms with Gasteiger partial charge in [-0.1, -0.05) is 13.8 Å². The Labute approximate surface area is 112 Å². The molecule has 7 heteroatoms. The van der Waals surface area contributed by atoms with Crippen LogP contribution in [0, 0.1) is 5.92 Å². The number of carboxylic acids is 1. The largest absolute Gasteiger partial charge is 0.480 e. The number of carbonyl (C=O) groups is 3. The molecule has 0 aromatic heterocycles. The van der Waals surface area contributed by atoms with Crippen LogP contribution in [0.2, 0.25) is 0 Å². The lowest BCUT2D eigenvalue weighted by Crippen LogP contribution is -2.54. The van der Waals surface area contributed by atoms with E-state index in [0.29, 0.717) is 6.42 Å². The van der Waals surface area contributed by atoms with Crippen molar-refractivity contribution in [3.05, 3.63) is 0 Å². The van der Waals surface area contributed by atoms with Gasteiger partial charge in [0.15, 0.2) is 6.04 Å². The molecule has 0 aliphatic carbocycles. The van der Waals surface area contributed by atoms with E-state index in [1.165, 1.54) is 13.8 Å². The van der Waals surface area contributed by atoms with Crippen molar-refractivity contribution in [3.63, 3.8) is 0 Å². The molecule has 0 aliphatic rings. The van der Waals surface area contributed by atoms with E-state index in [1.54, 1.807) is 0 Å². The summed E-state index contributed by atoms with van der Waals surface area (Å²) in [5.74, 6) is -2.16. The number of aliphatic hydroxyl groups excluding tert-OH is 1. The van der Waals surface area contributed by atoms with Gasteiger partial charge in [-0.2, -0.15) is 0 Å². The highest BCUT2D eigenvalue weighted by molar-refractivity contribution is 5.90. The van der Waals surface area contributed by atoms with Crippen molar-refractivity contribution >= 4 is 17.8 Å². The zero-order chi connectivity index (χ0) is 15.2. The monoisotopic (exact) mass is 274 g/mol. The molecule has 0 bridgehead atoms. The van der Waals surface area contributed by atoms with Crippen LogP contribution in [0.1, 0.15) is 34.1 Å². The predicted octanol–water partition coefficient (Wildman–Crippen LogP) is -0.513. The van der Waals surface area contributed by atoms with Crippen LogP contribution in [0.15, 0.2) is 0 Å². The topological polar surface area (TPSA) is 116 Å². The molecular weight excluding hydrogens is 252 g/mol. The maximum Gasteiger partial charge on any atom is 0.328 e. The Balaban J connectivity index is 4.78. The van der Waals surface area contributed by atoms with Crippen LogP contribution < -0.4 is 10.6 Å². The molecule has 0 saturated heterocycles. The summed E-state index contributed by atoms with van der Waals surface area (Å²) in [6.07, 6.45) is -0.837. The Kier molecular flexibility index (Phi) is 7.06. The zero-order valence-electron chi connectivity index (χ0n) is 11.6. The highest BCUT2D eigenvalue weighted by Gasteiger charge is 2.29. The number of hydrogen-bond donors (Lipinski definition) is 4. The molecule has 110 valence electrons. The summed E-state index contributed by atoms with van der Waals surface area (Å²) >= 11 is 0. The van der Waals surface area contributed by atoms with Gasteiger partial charge in [0.1, 0.15) is 6.04 Å². The smallest absolute Gasteiger partial charge is 0.328 e. The predicted molar refractivity (Wildman–Crippen MR) is 68.3 cm³/mol. The number of nitrogens with one attached hydrogen (secondary N) is 2. The lowest BCUT2D eigenvalue weighted by atomic mass is 10.0. The van der Waals surface area contributed by atoms with Crippen LogP contribution in [0.4, 0.5) is 0 Å². The molecule has 7 nitrogen and oxygen atoms in total. The summed E-state index contributed by atoms with van der Waals surface area (Å²) in [5.41, 5.74) is 0. The molecule has 3 atom stereocenters. The van der Waals surface area contributed by atoms with Gasteiger partial charge in [-0.05, 0) is 19.3 Å². The Hall–Kier alpha value is -1.63. The second kappa shape index (κ2) is 7.73. The number of rotatable bonds is 7. The Morgan fingerprint density at radius 1 is 1.11 bits per heavy atom. The first-order valence-electron chi connectivity index (χ1n) is 6.13. The number of carboxylic acid groups (broad SMARTS) is 1. The number of carbonyl (C=O) groups excluding carboxylic acids is 2. The molecule has 0 spiro atoms. The quantitative estimate of drug-likeness (QED) is 0.499. The van der Waals surface area contributed by atoms with Crippen molar-refractivity contribution in [1.82, 2.24) is 10.6 Å². The molecule has 0 aromatic carbocycles. The van der Waals surface area contributed by atoms with Crippen molar-refractivity contribution in [2.75, 3.05) is 0 Å². The first kappa shape index (κ1) is 17.4. The molecule has 19 heavy (non-hydrogen) atoms. The van der Waals surface area contributed by atoms with Crippen LogP contribution in [0.3, 0.4) is 0 Å². The minimum absolute atomic E-state index is 0.150. The maximum atomic E-state index is 11.9. The average molecular weight is 274 g/mol. The molecule has 0 rings (SSSR count). The summed E-state index contributed by atoms with van der Waals surface area (Å²) in [6.45, 7) is 6.32. The molecule has 0 heterocycles. The van der Waals surface area contributed by atoms with Crippen molar-refractivity contribution in [1.29, 1.82) is 0 Å². The van der Waals surface area contributed by atoms with Crippen LogP contribution in [-0.4, -0.2) is 46.2 Å². The zero-order valence-corrected chi connectivity index (χ0v) is 11.6. The fourth-order valence-corrected chi connectivity index (χ4v) is 1.59. The van der Waals surface area contributed by atoms with Crippen molar-refractivity contribution in [2.24, 2.45) is 5.92 Å². The van der Waals surface area contributed by atoms with E-state index in [1.807, 2.05) is 13.8 Å². The third-order valence-corrected chi connectivity index (χ3v) is 2.45. The Bertz CT molecular complexity index is 341. The molecule has 0 saturated carbocycles. The third kappa shape index (κ3) is 6.76. The standard InChI is InChI=1S/C12H22N2O5/c1-6(2)5-9(13-8(4)16)11(17)14-10(7(3)15)12(18)19/h6-7,9-10,15H,5H2,1-4H3,(H,13,16)(H,14,17)(H,18,19)/t7-,9-,10+/m0/s1. The number of aliphatic hydroxyl groups is 1. The summed E-state index contributed by atoms with van der Waals surface area (Å²) in [5, 5.41) is 22.9. The molecule has 0 radical (unpaired) electrons. The van der Waals surface area contributed by atoms with Crippen molar-refractivity contribution < 1.29 is 24.6 Å². The molecule has 2 amide bonds. The Morgan fingerprint density at radius 2 is 1.63 bits per heavy atom. The molecule has 0 unspecified atom stereocenters. The van der Waals surface area contributed by atoms with Crippen molar-refractivity contribution in [2.45, 2.75) is 52.3 Å². The number of aliphatic carboxylic acids is 1. The highest BCUT2D eigenvalue weighted by atomic mass is 16.4. The second-order valence-electron chi connectivity index (χ2n) is 4.95. The first-order valence-corrected chi connectivity index (χ1v) is 6.13. The van der Waals surface area contributed by atoms with Gasteiger partial charge in [-0.3, -0.25) is 9.59 Å². The fourth-order valence-electron chi connectivity index (χ4n) is 1.59. The first-order chi connectivity index (χ1) is 8.65. The third-order valence-electron chi connectivity index (χ3n) is 2.45. The molecule has 4 N–H and O–H groups in total. The van der Waals surface area contributed by atoms with Gasteiger partial charge in [-0.25, -0.2) is 4.79 Å².